The minimum atomic E-state index is -5.39. The number of hydrogen-bond donors (Lipinski definition) is 0. The van der Waals surface area contributed by atoms with Crippen LogP contribution in [0.15, 0.2) is 0 Å². The Morgan fingerprint density at radius 1 is 1.12 bits per heavy atom. The van der Waals surface area contributed by atoms with E-state index in [0.717, 1.165) is 0 Å². The second-order valence-electron chi connectivity index (χ2n) is 0.447. The summed E-state index contributed by atoms with van der Waals surface area (Å²) in [5, 5.41) is 0. The molecule has 0 saturated heterocycles. The van der Waals surface area contributed by atoms with Crippen LogP contribution in [0, 0.1) is 0 Å². The van der Waals surface area contributed by atoms with Crippen molar-refractivity contribution in [2.75, 3.05) is 0 Å². The van der Waals surface area contributed by atoms with Crippen molar-refractivity contribution < 1.29 is 87.7 Å². The van der Waals surface area contributed by atoms with E-state index in [1.807, 2.05) is 0 Å². The molecule has 0 aromatic carbocycles. The predicted octanol–water partition coefficient (Wildman–Crippen LogP) is -6.47. The van der Waals surface area contributed by atoms with E-state index in [9.17, 15) is 0 Å². The van der Waals surface area contributed by atoms with E-state index >= 15 is 0 Å². The first-order valence-electron chi connectivity index (χ1n) is 0.730. The Bertz CT molecular complexity index is 62.2. The van der Waals surface area contributed by atoms with Gasteiger partial charge in [-0.15, -0.1) is 0 Å². The summed E-state index contributed by atoms with van der Waals surface area (Å²) in [4.78, 5) is 25.6. The van der Waals surface area contributed by atoms with Gasteiger partial charge >= 0.3 is 98.0 Å². The Balaban J connectivity index is -0.0000000267. The summed E-state index contributed by atoms with van der Waals surface area (Å²) in [6.45, 7) is 0. The third-order valence-corrected chi connectivity index (χ3v) is 0. The summed E-state index contributed by atoms with van der Waals surface area (Å²) in [6.07, 6.45) is 0. The number of hydrogen-bond acceptors (Lipinski definition) is 4. The molecular weight excluding hydrogens is 212 g/mol. The molecule has 4 nitrogen and oxygen atoms in total. The van der Waals surface area contributed by atoms with Crippen LogP contribution < -0.4 is 66.1 Å². The summed E-state index contributed by atoms with van der Waals surface area (Å²) in [5.41, 5.74) is 0. The zero-order valence-corrected chi connectivity index (χ0v) is 8.66. The molecule has 0 aliphatic rings. The fourth-order valence-corrected chi connectivity index (χ4v) is 0. The molecule has 0 unspecified atom stereocenters. The normalized spacial score (nSPS) is 7.38. The van der Waals surface area contributed by atoms with Gasteiger partial charge < -0.3 is 19.2 Å². The van der Waals surface area contributed by atoms with Crippen LogP contribution in [0.2, 0.25) is 0 Å². The second-order valence-corrected chi connectivity index (χ2v) is 1.34. The van der Waals surface area contributed by atoms with Gasteiger partial charge in [-0.05, 0) is 0 Å². The average Bonchev–Trinajstić information content (AvgIpc) is 0.722. The summed E-state index contributed by atoms with van der Waals surface area (Å²) in [7, 11) is -5.39. The number of rotatable bonds is 0. The van der Waals surface area contributed by atoms with Crippen LogP contribution >= 0.6 is 7.82 Å². The van der Waals surface area contributed by atoms with Crippen molar-refractivity contribution in [3.63, 3.8) is 0 Å². The molecule has 1 radical (unpaired) electrons. The third kappa shape index (κ3) is 59.4. The van der Waals surface area contributed by atoms with E-state index < -0.39 is 7.82 Å². The van der Waals surface area contributed by atoms with Crippen LogP contribution in [0.5, 0.6) is 0 Å². The van der Waals surface area contributed by atoms with Crippen molar-refractivity contribution in [1.29, 1.82) is 0 Å². The van der Waals surface area contributed by atoms with Crippen molar-refractivity contribution >= 4 is 37.4 Å². The molecule has 0 rings (SSSR count). The predicted molar refractivity (Wildman–Crippen MR) is 14.8 cm³/mol. The SMILES string of the molecule is O=P([O-])([O-])[O-].[K+].[Mn+2].[NaH]. The van der Waals surface area contributed by atoms with Crippen LogP contribution in [0.25, 0.3) is 0 Å². The van der Waals surface area contributed by atoms with Gasteiger partial charge in [-0.2, -0.15) is 7.82 Å². The number of phosphoric acid groups is 1. The van der Waals surface area contributed by atoms with Crippen molar-refractivity contribution in [1.82, 2.24) is 0 Å². The van der Waals surface area contributed by atoms with Crippen LogP contribution in [0.3, 0.4) is 0 Å². The van der Waals surface area contributed by atoms with E-state index in [0.29, 0.717) is 0 Å². The summed E-state index contributed by atoms with van der Waals surface area (Å²) >= 11 is 0. The van der Waals surface area contributed by atoms with Crippen LogP contribution in [0.1, 0.15) is 0 Å². The molecule has 0 atom stereocenters. The maximum absolute atomic E-state index is 8.55. The molecule has 0 amide bonds. The van der Waals surface area contributed by atoms with E-state index in [-0.39, 0.29) is 98.0 Å². The Kier molecular flexibility index (Phi) is 28.9. The van der Waals surface area contributed by atoms with Crippen LogP contribution in [-0.2, 0) is 21.6 Å². The van der Waals surface area contributed by atoms with E-state index in [1.54, 1.807) is 0 Å². The first-order chi connectivity index (χ1) is 2.00. The minimum absolute atomic E-state index is 0. The Labute approximate surface area is 122 Å². The van der Waals surface area contributed by atoms with Crippen molar-refractivity contribution in [3.8, 4) is 0 Å². The average molecular weight is 213 g/mol. The van der Waals surface area contributed by atoms with Crippen LogP contribution in [0.4, 0.5) is 0 Å². The first kappa shape index (κ1) is 22.5. The van der Waals surface area contributed by atoms with E-state index in [4.69, 9.17) is 19.2 Å². The molecule has 8 heteroatoms. The zero-order valence-electron chi connectivity index (χ0n) is 3.46. The third-order valence-electron chi connectivity index (χ3n) is 0. The molecule has 0 spiro atoms. The second kappa shape index (κ2) is 10.3. The molecule has 0 fully saturated rings. The first-order valence-corrected chi connectivity index (χ1v) is 2.19. The molecule has 0 aliphatic heterocycles. The van der Waals surface area contributed by atoms with E-state index in [1.165, 1.54) is 0 Å². The van der Waals surface area contributed by atoms with Gasteiger partial charge in [-0.25, -0.2) is 0 Å². The van der Waals surface area contributed by atoms with E-state index in [2.05, 4.69) is 0 Å². The summed E-state index contributed by atoms with van der Waals surface area (Å²) in [6, 6.07) is 0. The molecule has 0 N–H and O–H groups in total. The molecule has 0 heterocycles. The van der Waals surface area contributed by atoms with Gasteiger partial charge in [-0.1, -0.05) is 0 Å². The van der Waals surface area contributed by atoms with Crippen molar-refractivity contribution in [2.24, 2.45) is 0 Å². The topological polar surface area (TPSA) is 86.2 Å². The molecule has 0 bridgehead atoms. The summed E-state index contributed by atoms with van der Waals surface area (Å²) in [5.74, 6) is 0. The van der Waals surface area contributed by atoms with Gasteiger partial charge in [0.25, 0.3) is 0 Å². The van der Waals surface area contributed by atoms with Gasteiger partial charge in [-0.3, -0.25) is 0 Å². The standard InChI is InChI=1S/K.Mn.Na.H3O4P.H/c;;;1-5(2,3)4;/h;;;(H3,1,2,3,4);/q+1;+2;;;/p-3. The molecule has 39 valence electrons. The van der Waals surface area contributed by atoms with Gasteiger partial charge in [0.05, 0.1) is 0 Å². The van der Waals surface area contributed by atoms with Crippen LogP contribution in [-0.4, -0.2) is 29.6 Å². The van der Waals surface area contributed by atoms with Gasteiger partial charge in [0, 0.05) is 0 Å². The van der Waals surface area contributed by atoms with Crippen molar-refractivity contribution in [3.05, 3.63) is 0 Å². The Morgan fingerprint density at radius 3 is 1.12 bits per heavy atom. The Morgan fingerprint density at radius 2 is 1.12 bits per heavy atom. The van der Waals surface area contributed by atoms with Crippen molar-refractivity contribution in [2.45, 2.75) is 0 Å². The molecule has 8 heavy (non-hydrogen) atoms. The summed E-state index contributed by atoms with van der Waals surface area (Å²) < 4.78 is 8.55. The molecular formula is HKMnNaO4P. The monoisotopic (exact) mass is 213 g/mol. The molecule has 0 aromatic rings. The zero-order chi connectivity index (χ0) is 4.50. The molecule has 0 aliphatic carbocycles. The van der Waals surface area contributed by atoms with Gasteiger partial charge in [0.1, 0.15) is 0 Å². The fourth-order valence-electron chi connectivity index (χ4n) is 0. The van der Waals surface area contributed by atoms with Gasteiger partial charge in [0.2, 0.25) is 0 Å². The van der Waals surface area contributed by atoms with Gasteiger partial charge in [0.15, 0.2) is 0 Å². The maximum atomic E-state index is 8.55. The Hall–Kier alpha value is 3.27. The molecule has 0 saturated carbocycles. The fraction of sp³-hybridized carbons (Fsp3) is 0. The quantitative estimate of drug-likeness (QED) is 0.295. The molecule has 0 aromatic heterocycles.